The summed E-state index contributed by atoms with van der Waals surface area (Å²) in [5.74, 6) is -0.618. The number of phenolic OH excluding ortho intramolecular Hbond substituents is 1. The summed E-state index contributed by atoms with van der Waals surface area (Å²) in [4.78, 5) is 0. The molecule has 1 aliphatic carbocycles. The van der Waals surface area contributed by atoms with Crippen LogP contribution in [0.1, 0.15) is 31.2 Å². The van der Waals surface area contributed by atoms with Gasteiger partial charge in [0.25, 0.3) is 0 Å². The molecule has 18 heavy (non-hydrogen) atoms. The monoisotopic (exact) mass is 273 g/mol. The maximum Gasteiger partial charge on any atom is 0.165 e. The molecule has 0 unspecified atom stereocenters. The number of benzene rings is 1. The van der Waals surface area contributed by atoms with E-state index in [-0.39, 0.29) is 21.9 Å². The van der Waals surface area contributed by atoms with Crippen molar-refractivity contribution in [1.29, 1.82) is 0 Å². The van der Waals surface area contributed by atoms with Crippen molar-refractivity contribution in [3.8, 4) is 11.5 Å². The van der Waals surface area contributed by atoms with Crippen LogP contribution in [0.15, 0.2) is 6.07 Å². The van der Waals surface area contributed by atoms with Crippen LogP contribution in [0.2, 0.25) is 5.02 Å². The lowest BCUT2D eigenvalue weighted by Gasteiger charge is -2.30. The Morgan fingerprint density at radius 1 is 1.50 bits per heavy atom. The Bertz CT molecular complexity index is 459. The minimum Gasteiger partial charge on any atom is -0.504 e. The summed E-state index contributed by atoms with van der Waals surface area (Å²) in [6.07, 6.45) is 3.72. The van der Waals surface area contributed by atoms with Gasteiger partial charge < -0.3 is 15.6 Å². The molecule has 0 atom stereocenters. The van der Waals surface area contributed by atoms with E-state index in [9.17, 15) is 9.50 Å². The average molecular weight is 274 g/mol. The Kier molecular flexibility index (Phi) is 3.69. The smallest absolute Gasteiger partial charge is 0.165 e. The lowest BCUT2D eigenvalue weighted by atomic mass is 9.78. The van der Waals surface area contributed by atoms with Gasteiger partial charge in [0.2, 0.25) is 0 Å². The third-order valence-electron chi connectivity index (χ3n) is 3.84. The Hall–Kier alpha value is -1.00. The zero-order valence-electron chi connectivity index (χ0n) is 10.3. The maximum atomic E-state index is 13.7. The van der Waals surface area contributed by atoms with E-state index in [2.05, 4.69) is 0 Å². The molecule has 5 heteroatoms. The number of halogens is 2. The molecule has 100 valence electrons. The minimum absolute atomic E-state index is 0.0111. The number of phenols is 1. The predicted molar refractivity (Wildman–Crippen MR) is 68.8 cm³/mol. The van der Waals surface area contributed by atoms with Crippen molar-refractivity contribution >= 4 is 11.6 Å². The summed E-state index contributed by atoms with van der Waals surface area (Å²) < 4.78 is 18.9. The predicted octanol–water partition coefficient (Wildman–Crippen LogP) is 2.96. The van der Waals surface area contributed by atoms with Gasteiger partial charge in [-0.1, -0.05) is 24.4 Å². The van der Waals surface area contributed by atoms with Gasteiger partial charge in [-0.05, 0) is 12.8 Å². The van der Waals surface area contributed by atoms with Crippen molar-refractivity contribution in [3.05, 3.63) is 22.5 Å². The minimum atomic E-state index is -0.635. The van der Waals surface area contributed by atoms with Gasteiger partial charge in [0.05, 0.1) is 12.1 Å². The summed E-state index contributed by atoms with van der Waals surface area (Å²) in [5.41, 5.74) is 6.01. The van der Waals surface area contributed by atoms with Crippen molar-refractivity contribution in [3.63, 3.8) is 0 Å². The number of hydrogen-bond acceptors (Lipinski definition) is 3. The number of rotatable bonds is 3. The van der Waals surface area contributed by atoms with Crippen LogP contribution in [0.3, 0.4) is 0 Å². The summed E-state index contributed by atoms with van der Waals surface area (Å²) in [7, 11) is 1.44. The normalized spacial score (nSPS) is 18.0. The third-order valence-corrected chi connectivity index (χ3v) is 4.21. The molecule has 1 saturated carbocycles. The first-order chi connectivity index (χ1) is 8.55. The summed E-state index contributed by atoms with van der Waals surface area (Å²) >= 11 is 6.08. The molecule has 3 N–H and O–H groups in total. The molecule has 1 aromatic carbocycles. The van der Waals surface area contributed by atoms with Crippen LogP contribution in [0.5, 0.6) is 11.5 Å². The molecule has 0 heterocycles. The standard InChI is InChI=1S/C13H17ClFNO2/c1-18-12-9(17)6-8(15)11(14)10(12)13(7-16)4-2-3-5-13/h6,17H,2-5,7,16H2,1H3. The quantitative estimate of drug-likeness (QED) is 0.890. The van der Waals surface area contributed by atoms with Crippen molar-refractivity contribution in [1.82, 2.24) is 0 Å². The zero-order chi connectivity index (χ0) is 13.3. The van der Waals surface area contributed by atoms with Crippen LogP contribution in [-0.2, 0) is 5.41 Å². The van der Waals surface area contributed by atoms with Crippen LogP contribution in [0, 0.1) is 5.82 Å². The first-order valence-corrected chi connectivity index (χ1v) is 6.39. The van der Waals surface area contributed by atoms with Crippen molar-refractivity contribution in [2.24, 2.45) is 5.73 Å². The highest BCUT2D eigenvalue weighted by Crippen LogP contribution is 2.50. The molecule has 0 radical (unpaired) electrons. The SMILES string of the molecule is COc1c(O)cc(F)c(Cl)c1C1(CN)CCCC1. The molecule has 1 aromatic rings. The summed E-state index contributed by atoms with van der Waals surface area (Å²) in [6, 6.07) is 0.976. The largest absolute Gasteiger partial charge is 0.504 e. The molecule has 1 aliphatic rings. The lowest BCUT2D eigenvalue weighted by Crippen LogP contribution is -2.33. The van der Waals surface area contributed by atoms with Gasteiger partial charge >= 0.3 is 0 Å². The topological polar surface area (TPSA) is 55.5 Å². The molecule has 0 bridgehead atoms. The molecule has 0 saturated heterocycles. The van der Waals surface area contributed by atoms with Crippen LogP contribution >= 0.6 is 11.6 Å². The summed E-state index contributed by atoms with van der Waals surface area (Å²) in [5, 5.41) is 9.81. The fraction of sp³-hybridized carbons (Fsp3) is 0.538. The maximum absolute atomic E-state index is 13.7. The molecular weight excluding hydrogens is 257 g/mol. The molecule has 1 fully saturated rings. The second kappa shape index (κ2) is 4.94. The number of ether oxygens (including phenoxy) is 1. The van der Waals surface area contributed by atoms with E-state index in [0.717, 1.165) is 31.7 Å². The highest BCUT2D eigenvalue weighted by Gasteiger charge is 2.40. The van der Waals surface area contributed by atoms with Gasteiger partial charge in [-0.15, -0.1) is 0 Å². The first-order valence-electron chi connectivity index (χ1n) is 6.01. The van der Waals surface area contributed by atoms with Gasteiger partial charge in [-0.2, -0.15) is 0 Å². The van der Waals surface area contributed by atoms with Crippen molar-refractivity contribution in [2.75, 3.05) is 13.7 Å². The first kappa shape index (κ1) is 13.4. The van der Waals surface area contributed by atoms with E-state index in [0.29, 0.717) is 12.1 Å². The Balaban J connectivity index is 2.67. The Labute approximate surface area is 111 Å². The fourth-order valence-corrected chi connectivity index (χ4v) is 3.23. The molecule has 0 aliphatic heterocycles. The van der Waals surface area contributed by atoms with E-state index >= 15 is 0 Å². The summed E-state index contributed by atoms with van der Waals surface area (Å²) in [6.45, 7) is 0.367. The van der Waals surface area contributed by atoms with Crippen LogP contribution < -0.4 is 10.5 Å². The number of methoxy groups -OCH3 is 1. The van der Waals surface area contributed by atoms with Gasteiger partial charge in [0.15, 0.2) is 11.5 Å². The van der Waals surface area contributed by atoms with Gasteiger partial charge in [-0.25, -0.2) is 4.39 Å². The second-order valence-corrected chi connectivity index (χ2v) is 5.17. The highest BCUT2D eigenvalue weighted by atomic mass is 35.5. The Morgan fingerprint density at radius 3 is 2.61 bits per heavy atom. The van der Waals surface area contributed by atoms with Crippen LogP contribution in [-0.4, -0.2) is 18.8 Å². The third kappa shape index (κ3) is 1.93. The zero-order valence-corrected chi connectivity index (χ0v) is 11.1. The second-order valence-electron chi connectivity index (χ2n) is 4.79. The molecule has 0 amide bonds. The van der Waals surface area contributed by atoms with Crippen molar-refractivity contribution in [2.45, 2.75) is 31.1 Å². The molecular formula is C13H17ClFNO2. The lowest BCUT2D eigenvalue weighted by molar-refractivity contribution is 0.345. The van der Waals surface area contributed by atoms with E-state index < -0.39 is 5.82 Å². The van der Waals surface area contributed by atoms with E-state index in [1.54, 1.807) is 0 Å². The molecule has 0 aromatic heterocycles. The molecule has 2 rings (SSSR count). The van der Waals surface area contributed by atoms with Gasteiger partial charge in [-0.3, -0.25) is 0 Å². The molecule has 3 nitrogen and oxygen atoms in total. The highest BCUT2D eigenvalue weighted by molar-refractivity contribution is 6.32. The fourth-order valence-electron chi connectivity index (χ4n) is 2.88. The van der Waals surface area contributed by atoms with Crippen molar-refractivity contribution < 1.29 is 14.2 Å². The number of hydrogen-bond donors (Lipinski definition) is 2. The number of nitrogens with two attached hydrogens (primary N) is 1. The van der Waals surface area contributed by atoms with Crippen LogP contribution in [0.25, 0.3) is 0 Å². The van der Waals surface area contributed by atoms with Gasteiger partial charge in [0.1, 0.15) is 5.82 Å². The molecule has 0 spiro atoms. The number of aromatic hydroxyl groups is 1. The van der Waals surface area contributed by atoms with E-state index in [1.165, 1.54) is 7.11 Å². The van der Waals surface area contributed by atoms with E-state index in [4.69, 9.17) is 22.1 Å². The average Bonchev–Trinajstić information content (AvgIpc) is 2.83. The van der Waals surface area contributed by atoms with Crippen LogP contribution in [0.4, 0.5) is 4.39 Å². The Morgan fingerprint density at radius 2 is 2.11 bits per heavy atom. The van der Waals surface area contributed by atoms with Gasteiger partial charge in [0, 0.05) is 23.6 Å². The van der Waals surface area contributed by atoms with E-state index in [1.807, 2.05) is 0 Å².